The Bertz CT molecular complexity index is 1060. The molecule has 1 aromatic heterocycles. The van der Waals surface area contributed by atoms with E-state index in [2.05, 4.69) is 15.5 Å². The number of rotatable bonds is 6. The van der Waals surface area contributed by atoms with Crippen LogP contribution in [0.25, 0.3) is 11.4 Å². The van der Waals surface area contributed by atoms with Gasteiger partial charge >= 0.3 is 0 Å². The molecule has 1 N–H and O–H groups in total. The van der Waals surface area contributed by atoms with Crippen molar-refractivity contribution in [1.82, 2.24) is 14.8 Å². The minimum absolute atomic E-state index is 0.177. The summed E-state index contributed by atoms with van der Waals surface area (Å²) in [5.41, 5.74) is 1.00. The number of halogens is 1. The Hall–Kier alpha value is -3.07. The van der Waals surface area contributed by atoms with E-state index in [1.807, 2.05) is 6.92 Å². The second-order valence-electron chi connectivity index (χ2n) is 6.35. The fourth-order valence-corrected chi connectivity index (χ4v) is 3.85. The first-order chi connectivity index (χ1) is 14.1. The smallest absolute Gasteiger partial charge is 0.237 e. The highest BCUT2D eigenvalue weighted by Crippen LogP contribution is 2.34. The van der Waals surface area contributed by atoms with Crippen LogP contribution in [-0.4, -0.2) is 32.7 Å². The van der Waals surface area contributed by atoms with Crippen LogP contribution in [0.1, 0.15) is 13.8 Å². The molecule has 1 unspecified atom stereocenters. The molecule has 0 radical (unpaired) electrons. The molecule has 3 aromatic rings. The van der Waals surface area contributed by atoms with Crippen molar-refractivity contribution in [2.45, 2.75) is 30.8 Å². The summed E-state index contributed by atoms with van der Waals surface area (Å²) >= 11 is 1.27. The number of amides is 1. The van der Waals surface area contributed by atoms with Gasteiger partial charge in [0.05, 0.1) is 10.8 Å². The Morgan fingerprint density at radius 1 is 1.24 bits per heavy atom. The third-order valence-corrected chi connectivity index (χ3v) is 5.52. The summed E-state index contributed by atoms with van der Waals surface area (Å²) in [6.45, 7) is 4.44. The van der Waals surface area contributed by atoms with Crippen LogP contribution < -0.4 is 14.8 Å². The topological polar surface area (TPSA) is 78.3 Å². The predicted octanol–water partition coefficient (Wildman–Crippen LogP) is 3.95. The Kier molecular flexibility index (Phi) is 5.39. The lowest BCUT2D eigenvalue weighted by molar-refractivity contribution is -0.115. The first-order valence-electron chi connectivity index (χ1n) is 9.12. The summed E-state index contributed by atoms with van der Waals surface area (Å²) in [5, 5.41) is 11.3. The van der Waals surface area contributed by atoms with Gasteiger partial charge in [-0.25, -0.2) is 4.39 Å². The van der Waals surface area contributed by atoms with Crippen LogP contribution in [0.15, 0.2) is 47.6 Å². The van der Waals surface area contributed by atoms with Gasteiger partial charge in [0.1, 0.15) is 5.82 Å². The number of ether oxygens (including phenoxy) is 2. The maximum absolute atomic E-state index is 14.2. The van der Waals surface area contributed by atoms with Gasteiger partial charge < -0.3 is 19.4 Å². The van der Waals surface area contributed by atoms with Crippen LogP contribution in [0.4, 0.5) is 10.1 Å². The highest BCUT2D eigenvalue weighted by molar-refractivity contribution is 8.00. The number of carbonyl (C=O) groups is 1. The number of aromatic nitrogens is 3. The molecule has 1 amide bonds. The zero-order valence-electron chi connectivity index (χ0n) is 15.9. The standard InChI is InChI=1S/C20H19FN4O3S/c1-3-25-18(14-6-4-5-7-15(14)21)23-24-20(25)29-12(2)19(26)22-13-8-9-16-17(10-13)28-11-27-16/h4-10,12H,3,11H2,1-2H3,(H,22,26). The van der Waals surface area contributed by atoms with Crippen molar-refractivity contribution in [2.24, 2.45) is 0 Å². The van der Waals surface area contributed by atoms with Gasteiger partial charge in [0.25, 0.3) is 0 Å². The van der Waals surface area contributed by atoms with E-state index in [-0.39, 0.29) is 18.5 Å². The molecule has 1 aliphatic heterocycles. The molecule has 0 aliphatic carbocycles. The Labute approximate surface area is 171 Å². The minimum atomic E-state index is -0.441. The average Bonchev–Trinajstić information content (AvgIpc) is 3.34. The van der Waals surface area contributed by atoms with Gasteiger partial charge in [-0.3, -0.25) is 4.79 Å². The maximum atomic E-state index is 14.2. The number of anilines is 1. The molecule has 2 heterocycles. The van der Waals surface area contributed by atoms with Gasteiger partial charge in [0, 0.05) is 18.3 Å². The Morgan fingerprint density at radius 2 is 2.03 bits per heavy atom. The van der Waals surface area contributed by atoms with E-state index in [0.717, 1.165) is 0 Å². The number of thioether (sulfide) groups is 1. The van der Waals surface area contributed by atoms with Gasteiger partial charge in [-0.1, -0.05) is 23.9 Å². The molecular weight excluding hydrogens is 395 g/mol. The van der Waals surface area contributed by atoms with Crippen molar-refractivity contribution < 1.29 is 18.7 Å². The normalized spacial score (nSPS) is 13.3. The molecule has 0 fully saturated rings. The van der Waals surface area contributed by atoms with Crippen LogP contribution in [-0.2, 0) is 11.3 Å². The third kappa shape index (κ3) is 3.91. The van der Waals surface area contributed by atoms with E-state index in [1.54, 1.807) is 47.9 Å². The lowest BCUT2D eigenvalue weighted by Crippen LogP contribution is -2.23. The van der Waals surface area contributed by atoms with E-state index in [1.165, 1.54) is 17.8 Å². The summed E-state index contributed by atoms with van der Waals surface area (Å²) < 4.78 is 26.6. The van der Waals surface area contributed by atoms with Crippen molar-refractivity contribution >= 4 is 23.4 Å². The molecule has 150 valence electrons. The third-order valence-electron chi connectivity index (χ3n) is 4.44. The SMILES string of the molecule is CCn1c(SC(C)C(=O)Nc2ccc3c(c2)OCO3)nnc1-c1ccccc1F. The van der Waals surface area contributed by atoms with E-state index in [0.29, 0.717) is 40.3 Å². The fourth-order valence-electron chi connectivity index (χ4n) is 2.93. The minimum Gasteiger partial charge on any atom is -0.454 e. The van der Waals surface area contributed by atoms with Gasteiger partial charge in [-0.05, 0) is 38.1 Å². The molecule has 1 aliphatic rings. The largest absolute Gasteiger partial charge is 0.454 e. The number of nitrogens with one attached hydrogen (secondary N) is 1. The number of nitrogens with zero attached hydrogens (tertiary/aromatic N) is 3. The van der Waals surface area contributed by atoms with Gasteiger partial charge in [-0.2, -0.15) is 0 Å². The van der Waals surface area contributed by atoms with Crippen LogP contribution >= 0.6 is 11.8 Å². The molecule has 0 spiro atoms. The maximum Gasteiger partial charge on any atom is 0.237 e. The van der Waals surface area contributed by atoms with Crippen molar-refractivity contribution in [3.8, 4) is 22.9 Å². The quantitative estimate of drug-likeness (QED) is 0.616. The second kappa shape index (κ2) is 8.12. The van der Waals surface area contributed by atoms with Crippen molar-refractivity contribution in [1.29, 1.82) is 0 Å². The van der Waals surface area contributed by atoms with Gasteiger partial charge in [-0.15, -0.1) is 10.2 Å². The monoisotopic (exact) mass is 414 g/mol. The molecule has 2 aromatic carbocycles. The lowest BCUT2D eigenvalue weighted by Gasteiger charge is -2.13. The highest BCUT2D eigenvalue weighted by atomic mass is 32.2. The van der Waals surface area contributed by atoms with E-state index >= 15 is 0 Å². The number of carbonyl (C=O) groups excluding carboxylic acids is 1. The molecule has 0 saturated carbocycles. The second-order valence-corrected chi connectivity index (χ2v) is 7.66. The first kappa shape index (κ1) is 19.3. The molecule has 1 atom stereocenters. The van der Waals surface area contributed by atoms with Crippen LogP contribution in [0.2, 0.25) is 0 Å². The summed E-state index contributed by atoms with van der Waals surface area (Å²) in [6.07, 6.45) is 0. The van der Waals surface area contributed by atoms with Crippen LogP contribution in [0.5, 0.6) is 11.5 Å². The fraction of sp³-hybridized carbons (Fsp3) is 0.250. The molecule has 9 heteroatoms. The zero-order chi connectivity index (χ0) is 20.4. The van der Waals surface area contributed by atoms with Gasteiger partial charge in [0.2, 0.25) is 12.7 Å². The summed E-state index contributed by atoms with van der Waals surface area (Å²) in [6, 6.07) is 11.7. The molecule has 4 rings (SSSR count). The summed E-state index contributed by atoms with van der Waals surface area (Å²) in [4.78, 5) is 12.6. The van der Waals surface area contributed by atoms with Crippen molar-refractivity contribution in [3.63, 3.8) is 0 Å². The Morgan fingerprint density at radius 3 is 2.83 bits per heavy atom. The highest BCUT2D eigenvalue weighted by Gasteiger charge is 2.22. The van der Waals surface area contributed by atoms with Gasteiger partial charge in [0.15, 0.2) is 22.5 Å². The Balaban J connectivity index is 1.49. The number of hydrogen-bond acceptors (Lipinski definition) is 6. The number of benzene rings is 2. The summed E-state index contributed by atoms with van der Waals surface area (Å²) in [7, 11) is 0. The van der Waals surface area contributed by atoms with E-state index in [9.17, 15) is 9.18 Å². The average molecular weight is 414 g/mol. The molecule has 7 nitrogen and oxygen atoms in total. The molecule has 0 bridgehead atoms. The lowest BCUT2D eigenvalue weighted by atomic mass is 10.2. The van der Waals surface area contributed by atoms with Crippen molar-refractivity contribution in [2.75, 3.05) is 12.1 Å². The van der Waals surface area contributed by atoms with Crippen LogP contribution in [0.3, 0.4) is 0 Å². The molecule has 0 saturated heterocycles. The van der Waals surface area contributed by atoms with E-state index in [4.69, 9.17) is 9.47 Å². The molecular formula is C20H19FN4O3S. The summed E-state index contributed by atoms with van der Waals surface area (Å²) in [5.74, 6) is 1.15. The van der Waals surface area contributed by atoms with Crippen molar-refractivity contribution in [3.05, 3.63) is 48.3 Å². The van der Waals surface area contributed by atoms with Crippen LogP contribution in [0, 0.1) is 5.82 Å². The predicted molar refractivity (Wildman–Crippen MR) is 108 cm³/mol. The zero-order valence-corrected chi connectivity index (χ0v) is 16.7. The number of hydrogen-bond donors (Lipinski definition) is 1. The van der Waals surface area contributed by atoms with E-state index < -0.39 is 5.25 Å². The molecule has 29 heavy (non-hydrogen) atoms. The first-order valence-corrected chi connectivity index (χ1v) is 10.00. The number of fused-ring (bicyclic) bond motifs is 1.